The third-order valence-corrected chi connectivity index (χ3v) is 4.63. The van der Waals surface area contributed by atoms with Gasteiger partial charge in [-0.2, -0.15) is 18.3 Å². The minimum atomic E-state index is -4.43. The molecule has 0 radical (unpaired) electrons. The summed E-state index contributed by atoms with van der Waals surface area (Å²) < 4.78 is 47.8. The van der Waals surface area contributed by atoms with Crippen molar-refractivity contribution in [1.29, 1.82) is 0 Å². The predicted molar refractivity (Wildman–Crippen MR) is 87.1 cm³/mol. The van der Waals surface area contributed by atoms with Gasteiger partial charge in [0.15, 0.2) is 0 Å². The van der Waals surface area contributed by atoms with Gasteiger partial charge < -0.3 is 4.74 Å². The third kappa shape index (κ3) is 3.37. The van der Waals surface area contributed by atoms with Gasteiger partial charge in [-0.1, -0.05) is 20.8 Å². The largest absolute Gasteiger partial charge is 0.494 e. The highest BCUT2D eigenvalue weighted by molar-refractivity contribution is 5.84. The molecule has 0 atom stereocenters. The molecule has 3 nitrogen and oxygen atoms in total. The van der Waals surface area contributed by atoms with Crippen molar-refractivity contribution in [3.63, 3.8) is 0 Å². The number of alkyl halides is 3. The number of rotatable bonds is 5. The first-order valence-electron chi connectivity index (χ1n) is 8.47. The van der Waals surface area contributed by atoms with Crippen LogP contribution in [0, 0.1) is 11.8 Å². The molecule has 2 aromatic rings. The number of hydrogen-bond donors (Lipinski definition) is 0. The summed E-state index contributed by atoms with van der Waals surface area (Å²) in [6, 6.07) is 2.84. The lowest BCUT2D eigenvalue weighted by Crippen LogP contribution is -2.26. The van der Waals surface area contributed by atoms with E-state index >= 15 is 0 Å². The highest BCUT2D eigenvalue weighted by Crippen LogP contribution is 2.43. The topological polar surface area (TPSA) is 27.1 Å². The van der Waals surface area contributed by atoms with Crippen molar-refractivity contribution in [2.24, 2.45) is 11.8 Å². The standard InChI is InChI=1S/C18H23F3N2O/c1-11(2)4-5-24-15-8-13-10-22-23(14-6-12(3)7-14)17(13)16(9-15)18(19,20)21/h8-12,14H,4-7H2,1-3H3. The van der Waals surface area contributed by atoms with Gasteiger partial charge in [0.2, 0.25) is 0 Å². The van der Waals surface area contributed by atoms with Crippen molar-refractivity contribution in [2.45, 2.75) is 52.3 Å². The van der Waals surface area contributed by atoms with Crippen LogP contribution >= 0.6 is 0 Å². The highest BCUT2D eigenvalue weighted by atomic mass is 19.4. The lowest BCUT2D eigenvalue weighted by Gasteiger charge is -2.33. The third-order valence-electron chi connectivity index (χ3n) is 4.63. The first-order chi connectivity index (χ1) is 11.3. The quantitative estimate of drug-likeness (QED) is 0.723. The zero-order valence-corrected chi connectivity index (χ0v) is 14.2. The van der Waals surface area contributed by atoms with Gasteiger partial charge in [0, 0.05) is 5.39 Å². The fraction of sp³-hybridized carbons (Fsp3) is 0.611. The Morgan fingerprint density at radius 1 is 1.29 bits per heavy atom. The number of fused-ring (bicyclic) bond motifs is 1. The fourth-order valence-electron chi connectivity index (χ4n) is 3.21. The van der Waals surface area contributed by atoms with E-state index in [1.54, 1.807) is 10.7 Å². The number of hydrogen-bond acceptors (Lipinski definition) is 2. The van der Waals surface area contributed by atoms with Crippen molar-refractivity contribution >= 4 is 10.9 Å². The molecule has 1 aliphatic rings. The molecule has 24 heavy (non-hydrogen) atoms. The molecule has 1 aliphatic carbocycles. The van der Waals surface area contributed by atoms with Crippen LogP contribution in [0.15, 0.2) is 18.3 Å². The van der Waals surface area contributed by atoms with E-state index in [0.717, 1.165) is 25.3 Å². The lowest BCUT2D eigenvalue weighted by atomic mass is 9.82. The fourth-order valence-corrected chi connectivity index (χ4v) is 3.21. The van der Waals surface area contributed by atoms with Crippen molar-refractivity contribution in [3.05, 3.63) is 23.9 Å². The Hall–Kier alpha value is -1.72. The van der Waals surface area contributed by atoms with Crippen LogP contribution in [0.25, 0.3) is 10.9 Å². The van der Waals surface area contributed by atoms with Crippen LogP contribution in [0.4, 0.5) is 13.2 Å². The first kappa shape index (κ1) is 17.1. The molecular weight excluding hydrogens is 317 g/mol. The van der Waals surface area contributed by atoms with Gasteiger partial charge in [0.25, 0.3) is 0 Å². The second-order valence-corrected chi connectivity index (χ2v) is 7.26. The van der Waals surface area contributed by atoms with Crippen LogP contribution in [0.5, 0.6) is 5.75 Å². The van der Waals surface area contributed by atoms with Gasteiger partial charge in [-0.3, -0.25) is 4.68 Å². The summed E-state index contributed by atoms with van der Waals surface area (Å²) in [5.74, 6) is 1.25. The molecule has 3 rings (SSSR count). The molecule has 1 aromatic heterocycles. The number of nitrogens with zero attached hydrogens (tertiary/aromatic N) is 2. The monoisotopic (exact) mass is 340 g/mol. The van der Waals surface area contributed by atoms with Crippen LogP contribution in [-0.4, -0.2) is 16.4 Å². The van der Waals surface area contributed by atoms with E-state index in [-0.39, 0.29) is 17.3 Å². The van der Waals surface area contributed by atoms with E-state index in [9.17, 15) is 13.2 Å². The molecule has 0 spiro atoms. The normalized spacial score (nSPS) is 21.3. The molecule has 0 amide bonds. The van der Waals surface area contributed by atoms with Gasteiger partial charge >= 0.3 is 6.18 Å². The zero-order chi connectivity index (χ0) is 17.5. The van der Waals surface area contributed by atoms with E-state index in [4.69, 9.17) is 4.74 Å². The molecule has 1 aromatic carbocycles. The van der Waals surface area contributed by atoms with Crippen molar-refractivity contribution in [1.82, 2.24) is 9.78 Å². The van der Waals surface area contributed by atoms with Crippen LogP contribution in [0.1, 0.15) is 51.6 Å². The summed E-state index contributed by atoms with van der Waals surface area (Å²) in [5.41, 5.74) is -0.479. The van der Waals surface area contributed by atoms with Crippen molar-refractivity contribution in [2.75, 3.05) is 6.61 Å². The van der Waals surface area contributed by atoms with Crippen molar-refractivity contribution in [3.8, 4) is 5.75 Å². The van der Waals surface area contributed by atoms with Gasteiger partial charge in [-0.05, 0) is 43.2 Å². The highest BCUT2D eigenvalue weighted by Gasteiger charge is 2.37. The molecule has 0 bridgehead atoms. The van der Waals surface area contributed by atoms with Gasteiger partial charge in [-0.25, -0.2) is 0 Å². The molecule has 0 saturated heterocycles. The van der Waals surface area contributed by atoms with Gasteiger partial charge in [0.1, 0.15) is 5.75 Å². The van der Waals surface area contributed by atoms with E-state index in [1.165, 1.54) is 6.20 Å². The maximum atomic E-state index is 13.6. The number of benzene rings is 1. The summed E-state index contributed by atoms with van der Waals surface area (Å²) in [6.07, 6.45) is -0.355. The average Bonchev–Trinajstić information content (AvgIpc) is 2.85. The van der Waals surface area contributed by atoms with Gasteiger partial charge in [-0.15, -0.1) is 0 Å². The minimum absolute atomic E-state index is 0.0614. The summed E-state index contributed by atoms with van der Waals surface area (Å²) in [4.78, 5) is 0. The Morgan fingerprint density at radius 2 is 2.00 bits per heavy atom. The van der Waals surface area contributed by atoms with Crippen molar-refractivity contribution < 1.29 is 17.9 Å². The van der Waals surface area contributed by atoms with E-state index in [1.807, 2.05) is 0 Å². The smallest absolute Gasteiger partial charge is 0.418 e. The van der Waals surface area contributed by atoms with E-state index in [0.29, 0.717) is 23.8 Å². The maximum Gasteiger partial charge on any atom is 0.418 e. The SMILES string of the molecule is CC(C)CCOc1cc(C(F)(F)F)c2c(cnn2C2CC(C)C2)c1. The van der Waals surface area contributed by atoms with E-state index < -0.39 is 11.7 Å². The summed E-state index contributed by atoms with van der Waals surface area (Å²) in [6.45, 7) is 6.62. The van der Waals surface area contributed by atoms with Crippen LogP contribution in [0.3, 0.4) is 0 Å². The minimum Gasteiger partial charge on any atom is -0.494 e. The second kappa shape index (κ2) is 6.30. The van der Waals surface area contributed by atoms with Gasteiger partial charge in [0.05, 0.1) is 29.9 Å². The first-order valence-corrected chi connectivity index (χ1v) is 8.47. The molecule has 0 N–H and O–H groups in total. The molecule has 1 saturated carbocycles. The Kier molecular flexibility index (Phi) is 4.49. The average molecular weight is 340 g/mol. The number of aromatic nitrogens is 2. The van der Waals surface area contributed by atoms with Crippen LogP contribution < -0.4 is 4.74 Å². The molecule has 1 heterocycles. The maximum absolute atomic E-state index is 13.6. The Bertz CT molecular complexity index is 715. The summed E-state index contributed by atoms with van der Waals surface area (Å²) in [5, 5.41) is 4.73. The zero-order valence-electron chi connectivity index (χ0n) is 14.2. The Morgan fingerprint density at radius 3 is 2.58 bits per heavy atom. The molecule has 6 heteroatoms. The number of ether oxygens (including phenoxy) is 1. The van der Waals surface area contributed by atoms with Crippen LogP contribution in [-0.2, 0) is 6.18 Å². The predicted octanol–water partition coefficient (Wildman–Crippen LogP) is 5.45. The number of halogens is 3. The Balaban J connectivity index is 1.97. The Labute approximate surface area is 139 Å². The van der Waals surface area contributed by atoms with E-state index in [2.05, 4.69) is 25.9 Å². The summed E-state index contributed by atoms with van der Waals surface area (Å²) >= 11 is 0. The molecule has 0 aliphatic heterocycles. The summed E-state index contributed by atoms with van der Waals surface area (Å²) in [7, 11) is 0. The lowest BCUT2D eigenvalue weighted by molar-refractivity contribution is -0.136. The van der Waals surface area contributed by atoms with Crippen LogP contribution in [0.2, 0.25) is 0 Å². The molecule has 1 fully saturated rings. The molecular formula is C18H23F3N2O. The molecule has 0 unspecified atom stereocenters. The molecule has 132 valence electrons. The second-order valence-electron chi connectivity index (χ2n) is 7.26.